The lowest BCUT2D eigenvalue weighted by Gasteiger charge is -2.29. The van der Waals surface area contributed by atoms with Gasteiger partial charge in [0.1, 0.15) is 0 Å². The molecule has 1 aliphatic carbocycles. The van der Waals surface area contributed by atoms with Crippen LogP contribution in [0.1, 0.15) is 45.4 Å². The summed E-state index contributed by atoms with van der Waals surface area (Å²) in [5.74, 6) is 0.917. The van der Waals surface area contributed by atoms with Gasteiger partial charge in [-0.25, -0.2) is 4.79 Å². The summed E-state index contributed by atoms with van der Waals surface area (Å²) in [6.07, 6.45) is 7.35. The Labute approximate surface area is 127 Å². The number of amides is 1. The van der Waals surface area contributed by atoms with E-state index in [4.69, 9.17) is 0 Å². The highest BCUT2D eigenvalue weighted by atomic mass is 16.5. The molecule has 0 unspecified atom stereocenters. The largest absolute Gasteiger partial charge is 0.453 e. The molecule has 4 heteroatoms. The highest BCUT2D eigenvalue weighted by Crippen LogP contribution is 2.29. The van der Waals surface area contributed by atoms with Crippen molar-refractivity contribution >= 4 is 17.5 Å². The Hall–Kier alpha value is -1.71. The molecule has 1 aromatic carbocycles. The lowest BCUT2D eigenvalue weighted by atomic mass is 9.83. The first-order valence-corrected chi connectivity index (χ1v) is 7.92. The van der Waals surface area contributed by atoms with Gasteiger partial charge >= 0.3 is 6.09 Å². The van der Waals surface area contributed by atoms with Crippen LogP contribution in [-0.2, 0) is 4.74 Å². The summed E-state index contributed by atoms with van der Waals surface area (Å²) in [5.41, 5.74) is 1.81. The summed E-state index contributed by atoms with van der Waals surface area (Å²) in [6.45, 7) is 2.27. The third kappa shape index (κ3) is 4.96. The quantitative estimate of drug-likeness (QED) is 0.831. The molecule has 0 radical (unpaired) electrons. The molecule has 1 amide bonds. The van der Waals surface area contributed by atoms with E-state index in [0.29, 0.717) is 6.04 Å². The predicted octanol–water partition coefficient (Wildman–Crippen LogP) is 4.64. The molecule has 1 saturated carbocycles. The van der Waals surface area contributed by atoms with Crippen LogP contribution in [0.25, 0.3) is 0 Å². The number of hydrogen-bond acceptors (Lipinski definition) is 3. The number of rotatable bonds is 5. The summed E-state index contributed by atoms with van der Waals surface area (Å²) in [7, 11) is 1.37. The fourth-order valence-corrected chi connectivity index (χ4v) is 3.10. The van der Waals surface area contributed by atoms with Crippen molar-refractivity contribution in [2.75, 3.05) is 17.7 Å². The maximum absolute atomic E-state index is 11.2. The third-order valence-electron chi connectivity index (χ3n) is 4.21. The van der Waals surface area contributed by atoms with Crippen molar-refractivity contribution in [2.24, 2.45) is 5.92 Å². The summed E-state index contributed by atoms with van der Waals surface area (Å²) in [6, 6.07) is 8.35. The van der Waals surface area contributed by atoms with Crippen molar-refractivity contribution in [1.29, 1.82) is 0 Å². The molecule has 0 aliphatic heterocycles. The number of benzene rings is 1. The minimum atomic E-state index is -0.438. The van der Waals surface area contributed by atoms with Crippen LogP contribution in [-0.4, -0.2) is 19.2 Å². The molecule has 2 rings (SSSR count). The standard InChI is InChI=1S/C17H26N2O2/c1-3-5-13-8-10-14(11-9-13)18-15-6-4-7-16(12-15)19-17(20)21-2/h4,6-7,12-14,18H,3,5,8-11H2,1-2H3,(H,19,20). The van der Waals surface area contributed by atoms with E-state index in [9.17, 15) is 4.79 Å². The second kappa shape index (κ2) is 7.91. The first-order chi connectivity index (χ1) is 10.2. The zero-order valence-corrected chi connectivity index (χ0v) is 13.0. The third-order valence-corrected chi connectivity index (χ3v) is 4.21. The summed E-state index contributed by atoms with van der Waals surface area (Å²) in [5, 5.41) is 6.27. The Balaban J connectivity index is 1.86. The fourth-order valence-electron chi connectivity index (χ4n) is 3.10. The Morgan fingerprint density at radius 2 is 1.95 bits per heavy atom. The number of ether oxygens (including phenoxy) is 1. The maximum Gasteiger partial charge on any atom is 0.411 e. The zero-order valence-electron chi connectivity index (χ0n) is 13.0. The Kier molecular flexibility index (Phi) is 5.90. The van der Waals surface area contributed by atoms with Crippen LogP contribution in [0, 0.1) is 5.92 Å². The molecule has 1 aliphatic rings. The van der Waals surface area contributed by atoms with E-state index < -0.39 is 6.09 Å². The second-order valence-electron chi connectivity index (χ2n) is 5.85. The van der Waals surface area contributed by atoms with Crippen molar-refractivity contribution in [1.82, 2.24) is 0 Å². The Bertz CT molecular complexity index is 454. The molecule has 0 spiro atoms. The molecule has 1 aromatic rings. The van der Waals surface area contributed by atoms with Crippen molar-refractivity contribution in [3.05, 3.63) is 24.3 Å². The molecule has 21 heavy (non-hydrogen) atoms. The molecule has 0 atom stereocenters. The molecular formula is C17H26N2O2. The van der Waals surface area contributed by atoms with Gasteiger partial charge in [-0.15, -0.1) is 0 Å². The highest BCUT2D eigenvalue weighted by molar-refractivity contribution is 5.85. The van der Waals surface area contributed by atoms with Crippen molar-refractivity contribution in [3.8, 4) is 0 Å². The van der Waals surface area contributed by atoms with Crippen molar-refractivity contribution in [3.63, 3.8) is 0 Å². The first kappa shape index (κ1) is 15.7. The van der Waals surface area contributed by atoms with Gasteiger partial charge in [0.15, 0.2) is 0 Å². The van der Waals surface area contributed by atoms with E-state index in [1.54, 1.807) is 0 Å². The normalized spacial score (nSPS) is 21.6. The van der Waals surface area contributed by atoms with Gasteiger partial charge in [0, 0.05) is 17.4 Å². The van der Waals surface area contributed by atoms with Crippen molar-refractivity contribution in [2.45, 2.75) is 51.5 Å². The van der Waals surface area contributed by atoms with Crippen molar-refractivity contribution < 1.29 is 9.53 Å². The number of carbonyl (C=O) groups excluding carboxylic acids is 1. The monoisotopic (exact) mass is 290 g/mol. The fraction of sp³-hybridized carbons (Fsp3) is 0.588. The molecule has 4 nitrogen and oxygen atoms in total. The molecule has 0 aromatic heterocycles. The summed E-state index contributed by atoms with van der Waals surface area (Å²) in [4.78, 5) is 11.2. The summed E-state index contributed by atoms with van der Waals surface area (Å²) < 4.78 is 4.61. The molecule has 0 heterocycles. The van der Waals surface area contributed by atoms with Gasteiger partial charge in [-0.1, -0.05) is 25.8 Å². The van der Waals surface area contributed by atoms with E-state index in [0.717, 1.165) is 17.3 Å². The molecule has 0 saturated heterocycles. The average molecular weight is 290 g/mol. The maximum atomic E-state index is 11.2. The number of hydrogen-bond donors (Lipinski definition) is 2. The van der Waals surface area contributed by atoms with E-state index in [1.807, 2.05) is 24.3 Å². The summed E-state index contributed by atoms with van der Waals surface area (Å²) >= 11 is 0. The molecule has 116 valence electrons. The molecule has 1 fully saturated rings. The van der Waals surface area contributed by atoms with Gasteiger partial charge in [-0.3, -0.25) is 5.32 Å². The lowest BCUT2D eigenvalue weighted by molar-refractivity contribution is 0.187. The van der Waals surface area contributed by atoms with Crippen LogP contribution < -0.4 is 10.6 Å². The number of methoxy groups -OCH3 is 1. The number of anilines is 2. The van der Waals surface area contributed by atoms with Gasteiger partial charge in [-0.2, -0.15) is 0 Å². The SMILES string of the molecule is CCCC1CCC(Nc2cccc(NC(=O)OC)c2)CC1. The van der Waals surface area contributed by atoms with E-state index >= 15 is 0 Å². The topological polar surface area (TPSA) is 50.4 Å². The second-order valence-corrected chi connectivity index (χ2v) is 5.85. The smallest absolute Gasteiger partial charge is 0.411 e. The Morgan fingerprint density at radius 1 is 1.24 bits per heavy atom. The minimum absolute atomic E-state index is 0.438. The van der Waals surface area contributed by atoms with Crippen LogP contribution in [0.15, 0.2) is 24.3 Å². The van der Waals surface area contributed by atoms with Gasteiger partial charge in [0.2, 0.25) is 0 Å². The van der Waals surface area contributed by atoms with Gasteiger partial charge in [0.25, 0.3) is 0 Å². The van der Waals surface area contributed by atoms with Gasteiger partial charge in [0.05, 0.1) is 7.11 Å². The average Bonchev–Trinajstić information content (AvgIpc) is 2.50. The minimum Gasteiger partial charge on any atom is -0.453 e. The molecule has 0 bridgehead atoms. The van der Waals surface area contributed by atoms with Crippen LogP contribution >= 0.6 is 0 Å². The first-order valence-electron chi connectivity index (χ1n) is 7.92. The van der Waals surface area contributed by atoms with E-state index in [1.165, 1.54) is 45.6 Å². The van der Waals surface area contributed by atoms with Crippen LogP contribution in [0.4, 0.5) is 16.2 Å². The number of carbonyl (C=O) groups is 1. The number of nitrogens with one attached hydrogen (secondary N) is 2. The molecule has 2 N–H and O–H groups in total. The lowest BCUT2D eigenvalue weighted by Crippen LogP contribution is -2.26. The molecular weight excluding hydrogens is 264 g/mol. The van der Waals surface area contributed by atoms with Crippen LogP contribution in [0.2, 0.25) is 0 Å². The van der Waals surface area contributed by atoms with Gasteiger partial charge < -0.3 is 10.1 Å². The Morgan fingerprint density at radius 3 is 2.62 bits per heavy atom. The highest BCUT2D eigenvalue weighted by Gasteiger charge is 2.20. The predicted molar refractivity (Wildman–Crippen MR) is 86.7 cm³/mol. The van der Waals surface area contributed by atoms with Crippen LogP contribution in [0.5, 0.6) is 0 Å². The van der Waals surface area contributed by atoms with E-state index in [2.05, 4.69) is 22.3 Å². The van der Waals surface area contributed by atoms with Gasteiger partial charge in [-0.05, 0) is 49.8 Å². The van der Waals surface area contributed by atoms with E-state index in [-0.39, 0.29) is 0 Å². The zero-order chi connectivity index (χ0) is 15.1. The van der Waals surface area contributed by atoms with Crippen LogP contribution in [0.3, 0.4) is 0 Å².